The van der Waals surface area contributed by atoms with Gasteiger partial charge < -0.3 is 9.42 Å². The highest BCUT2D eigenvalue weighted by molar-refractivity contribution is 7.89. The number of benzene rings is 2. The Morgan fingerprint density at radius 2 is 1.81 bits per heavy atom. The molecule has 0 unspecified atom stereocenters. The Kier molecular flexibility index (Phi) is 6.57. The van der Waals surface area contributed by atoms with Gasteiger partial charge >= 0.3 is 0 Å². The zero-order valence-electron chi connectivity index (χ0n) is 18.2. The number of alkyl halides is 1. The lowest BCUT2D eigenvalue weighted by Crippen LogP contribution is -2.31. The van der Waals surface area contributed by atoms with Crippen molar-refractivity contribution in [2.45, 2.75) is 42.8 Å². The van der Waals surface area contributed by atoms with Gasteiger partial charge in [0, 0.05) is 39.2 Å². The quantitative estimate of drug-likeness (QED) is 0.511. The van der Waals surface area contributed by atoms with E-state index in [1.165, 1.54) is 17.7 Å². The fourth-order valence-corrected chi connectivity index (χ4v) is 5.52. The Balaban J connectivity index is 1.48. The number of aryl methyl sites for hydroxylation is 2. The van der Waals surface area contributed by atoms with E-state index in [1.807, 2.05) is 37.2 Å². The van der Waals surface area contributed by atoms with E-state index in [0.29, 0.717) is 12.2 Å². The summed E-state index contributed by atoms with van der Waals surface area (Å²) in [7, 11) is -0.157. The molecule has 2 atom stereocenters. The molecular weight excluding hydrogens is 431 g/mol. The minimum Gasteiger partial charge on any atom is -0.378 e. The summed E-state index contributed by atoms with van der Waals surface area (Å²) in [5.41, 5.74) is 2.10. The monoisotopic (exact) mass is 458 g/mol. The van der Waals surface area contributed by atoms with Gasteiger partial charge in [-0.2, -0.15) is 9.29 Å². The van der Waals surface area contributed by atoms with Crippen molar-refractivity contribution in [2.75, 3.05) is 25.5 Å². The van der Waals surface area contributed by atoms with Gasteiger partial charge in [-0.25, -0.2) is 12.8 Å². The van der Waals surface area contributed by atoms with E-state index in [-0.39, 0.29) is 23.8 Å². The Hall–Kier alpha value is -2.78. The van der Waals surface area contributed by atoms with Crippen molar-refractivity contribution >= 4 is 15.7 Å². The maximum atomic E-state index is 14.3. The van der Waals surface area contributed by atoms with Crippen molar-refractivity contribution < 1.29 is 17.3 Å². The van der Waals surface area contributed by atoms with E-state index in [1.54, 1.807) is 12.1 Å². The first kappa shape index (κ1) is 22.4. The zero-order chi connectivity index (χ0) is 22.7. The topological polar surface area (TPSA) is 79.5 Å². The molecule has 2 heterocycles. The average Bonchev–Trinajstić information content (AvgIpc) is 3.41. The van der Waals surface area contributed by atoms with E-state index >= 15 is 0 Å². The van der Waals surface area contributed by atoms with E-state index in [9.17, 15) is 12.8 Å². The van der Waals surface area contributed by atoms with Gasteiger partial charge in [-0.05, 0) is 42.7 Å². The van der Waals surface area contributed by atoms with Crippen LogP contribution in [0.25, 0.3) is 0 Å². The van der Waals surface area contributed by atoms with Crippen molar-refractivity contribution in [3.63, 3.8) is 0 Å². The van der Waals surface area contributed by atoms with Crippen LogP contribution >= 0.6 is 0 Å². The lowest BCUT2D eigenvalue weighted by molar-refractivity contribution is 0.289. The van der Waals surface area contributed by atoms with Gasteiger partial charge in [-0.1, -0.05) is 35.5 Å². The summed E-state index contributed by atoms with van der Waals surface area (Å²) in [6, 6.07) is 15.8. The molecule has 9 heteroatoms. The molecule has 0 bridgehead atoms. The first-order valence-corrected chi connectivity index (χ1v) is 12.1. The predicted octanol–water partition coefficient (Wildman–Crippen LogP) is 3.78. The van der Waals surface area contributed by atoms with E-state index in [2.05, 4.69) is 22.3 Å². The second-order valence-corrected chi connectivity index (χ2v) is 10.1. The molecule has 1 aliphatic heterocycles. The highest BCUT2D eigenvalue weighted by Crippen LogP contribution is 2.37. The van der Waals surface area contributed by atoms with E-state index < -0.39 is 22.2 Å². The van der Waals surface area contributed by atoms with Crippen LogP contribution in [0.3, 0.4) is 0 Å². The third-order valence-electron chi connectivity index (χ3n) is 5.64. The van der Waals surface area contributed by atoms with Crippen molar-refractivity contribution in [1.82, 2.24) is 14.4 Å². The Bertz CT molecular complexity index is 1130. The lowest BCUT2D eigenvalue weighted by Gasteiger charge is -2.21. The molecular formula is C23H27FN4O3S. The zero-order valence-corrected chi connectivity index (χ0v) is 19.0. The smallest absolute Gasteiger partial charge is 0.245 e. The first-order chi connectivity index (χ1) is 15.3. The molecule has 0 N–H and O–H groups in total. The minimum absolute atomic E-state index is 0.000655. The Morgan fingerprint density at radius 3 is 2.50 bits per heavy atom. The van der Waals surface area contributed by atoms with Gasteiger partial charge in [0.1, 0.15) is 12.2 Å². The number of rotatable bonds is 8. The van der Waals surface area contributed by atoms with Crippen LogP contribution < -0.4 is 4.90 Å². The minimum atomic E-state index is -3.91. The van der Waals surface area contributed by atoms with Crippen LogP contribution in [0.1, 0.15) is 36.2 Å². The van der Waals surface area contributed by atoms with Crippen LogP contribution in [-0.4, -0.2) is 49.7 Å². The molecule has 4 rings (SSSR count). The predicted molar refractivity (Wildman–Crippen MR) is 120 cm³/mol. The first-order valence-electron chi connectivity index (χ1n) is 10.6. The molecule has 3 aromatic rings. The number of aromatic nitrogens is 2. The number of hydrogen-bond donors (Lipinski definition) is 0. The second kappa shape index (κ2) is 9.38. The third kappa shape index (κ3) is 4.83. The fourth-order valence-electron chi connectivity index (χ4n) is 3.90. The van der Waals surface area contributed by atoms with Crippen LogP contribution in [0, 0.1) is 0 Å². The molecule has 7 nitrogen and oxygen atoms in total. The molecule has 0 radical (unpaired) electrons. The number of nitrogens with zero attached hydrogens (tertiary/aromatic N) is 4. The SMILES string of the molecule is CN(C)c1ccc(S(=O)(=O)N2C[C@H](F)C[C@H]2c2nc(CCCc3ccccc3)no2)cc1. The van der Waals surface area contributed by atoms with Crippen LogP contribution in [0.5, 0.6) is 0 Å². The summed E-state index contributed by atoms with van der Waals surface area (Å²) < 4.78 is 47.3. The van der Waals surface area contributed by atoms with E-state index in [4.69, 9.17) is 4.52 Å². The van der Waals surface area contributed by atoms with Gasteiger partial charge in [0.05, 0.1) is 4.90 Å². The fraction of sp³-hybridized carbons (Fsp3) is 0.391. The molecule has 1 aliphatic rings. The van der Waals surface area contributed by atoms with Gasteiger partial charge in [-0.3, -0.25) is 0 Å². The summed E-state index contributed by atoms with van der Waals surface area (Å²) in [6.45, 7) is -0.228. The summed E-state index contributed by atoms with van der Waals surface area (Å²) in [5.74, 6) is 0.652. The maximum Gasteiger partial charge on any atom is 0.245 e. The maximum absolute atomic E-state index is 14.3. The second-order valence-electron chi connectivity index (χ2n) is 8.20. The van der Waals surface area contributed by atoms with Crippen LogP contribution in [0.2, 0.25) is 0 Å². The molecule has 0 aliphatic carbocycles. The van der Waals surface area contributed by atoms with E-state index in [0.717, 1.165) is 22.8 Å². The highest BCUT2D eigenvalue weighted by atomic mass is 32.2. The van der Waals surface area contributed by atoms with Crippen molar-refractivity contribution in [3.8, 4) is 0 Å². The standard InChI is InChI=1S/C23H27FN4O3S/c1-27(2)19-11-13-20(14-12-19)32(29,30)28-16-18(24)15-21(28)23-25-22(26-31-23)10-6-9-17-7-4-3-5-8-17/h3-5,7-8,11-14,18,21H,6,9-10,15-16H2,1-2H3/t18-,21+/m1/s1. The summed E-state index contributed by atoms with van der Waals surface area (Å²) >= 11 is 0. The summed E-state index contributed by atoms with van der Waals surface area (Å²) in [5, 5.41) is 4.00. The van der Waals surface area contributed by atoms with Gasteiger partial charge in [-0.15, -0.1) is 0 Å². The van der Waals surface area contributed by atoms with Crippen molar-refractivity contribution in [3.05, 3.63) is 71.9 Å². The lowest BCUT2D eigenvalue weighted by atomic mass is 10.1. The average molecular weight is 459 g/mol. The molecule has 1 fully saturated rings. The van der Waals surface area contributed by atoms with Gasteiger partial charge in [0.25, 0.3) is 0 Å². The Morgan fingerprint density at radius 1 is 1.09 bits per heavy atom. The molecule has 0 saturated carbocycles. The largest absolute Gasteiger partial charge is 0.378 e. The number of sulfonamides is 1. The summed E-state index contributed by atoms with van der Waals surface area (Å²) in [4.78, 5) is 6.39. The Labute approximate surface area is 187 Å². The molecule has 0 spiro atoms. The van der Waals surface area contributed by atoms with Gasteiger partial charge in [0.2, 0.25) is 15.9 Å². The third-order valence-corrected chi connectivity index (χ3v) is 7.53. The van der Waals surface area contributed by atoms with Crippen LogP contribution in [0.15, 0.2) is 64.0 Å². The van der Waals surface area contributed by atoms with Gasteiger partial charge in [0.15, 0.2) is 5.82 Å². The normalized spacial score (nSPS) is 19.3. The molecule has 2 aromatic carbocycles. The number of hydrogen-bond acceptors (Lipinski definition) is 6. The highest BCUT2D eigenvalue weighted by Gasteiger charge is 2.44. The van der Waals surface area contributed by atoms with Crippen molar-refractivity contribution in [2.24, 2.45) is 0 Å². The summed E-state index contributed by atoms with van der Waals surface area (Å²) in [6.07, 6.45) is 1.03. The number of halogens is 1. The van der Waals surface area contributed by atoms with Crippen LogP contribution in [-0.2, 0) is 22.9 Å². The number of anilines is 1. The molecule has 1 saturated heterocycles. The van der Waals surface area contributed by atoms with Crippen LogP contribution in [0.4, 0.5) is 10.1 Å². The van der Waals surface area contributed by atoms with Crippen molar-refractivity contribution in [1.29, 1.82) is 0 Å². The molecule has 1 aromatic heterocycles. The molecule has 32 heavy (non-hydrogen) atoms. The molecule has 170 valence electrons. The molecule has 0 amide bonds.